The molecule has 4 heteroatoms. The van der Waals surface area contributed by atoms with Crippen molar-refractivity contribution in [3.05, 3.63) is 36.5 Å². The molecule has 0 saturated carbocycles. The Bertz CT molecular complexity index is 271. The summed E-state index contributed by atoms with van der Waals surface area (Å²) in [6.45, 7) is 7.19. The van der Waals surface area contributed by atoms with Gasteiger partial charge in [-0.15, -0.1) is 0 Å². The van der Waals surface area contributed by atoms with Crippen LogP contribution in [0.1, 0.15) is 6.92 Å². The Morgan fingerprint density at radius 3 is 1.77 bits per heavy atom. The van der Waals surface area contributed by atoms with Crippen LogP contribution in [0.2, 0.25) is 0 Å². The van der Waals surface area contributed by atoms with Crippen molar-refractivity contribution >= 4 is 5.78 Å². The number of Topliss-reactive ketones (excluding diaryl/α,β-unsaturated/α-hetero) is 1. The van der Waals surface area contributed by atoms with Crippen LogP contribution in [0.5, 0.6) is 0 Å². The van der Waals surface area contributed by atoms with E-state index in [9.17, 15) is 18.0 Å². The normalized spacial score (nSPS) is 13.2. The van der Waals surface area contributed by atoms with E-state index >= 15 is 0 Å². The SMILES string of the molecule is C=C/C(C(C)=O)=C(\C=C)C(F)(F)F. The van der Waals surface area contributed by atoms with E-state index < -0.39 is 23.1 Å². The molecule has 0 aliphatic carbocycles. The van der Waals surface area contributed by atoms with Gasteiger partial charge in [-0.2, -0.15) is 13.2 Å². The maximum absolute atomic E-state index is 12.2. The van der Waals surface area contributed by atoms with E-state index in [1.807, 2.05) is 0 Å². The molecule has 1 nitrogen and oxygen atoms in total. The highest BCUT2D eigenvalue weighted by Gasteiger charge is 2.34. The summed E-state index contributed by atoms with van der Waals surface area (Å²) in [6.07, 6.45) is -3.07. The molecule has 72 valence electrons. The molecule has 0 bridgehead atoms. The first kappa shape index (κ1) is 11.7. The van der Waals surface area contributed by atoms with Crippen LogP contribution in [0, 0.1) is 0 Å². The highest BCUT2D eigenvalue weighted by atomic mass is 19.4. The zero-order valence-electron chi connectivity index (χ0n) is 7.11. The Kier molecular flexibility index (Phi) is 3.66. The van der Waals surface area contributed by atoms with E-state index in [0.29, 0.717) is 6.08 Å². The van der Waals surface area contributed by atoms with Gasteiger partial charge in [0.1, 0.15) is 0 Å². The first-order valence-corrected chi connectivity index (χ1v) is 3.41. The standard InChI is InChI=1S/C9H9F3O/c1-4-7(6(3)13)8(5-2)9(10,11)12/h4-5H,1-2H2,3H3/b8-7-. The van der Waals surface area contributed by atoms with Crippen molar-refractivity contribution in [2.75, 3.05) is 0 Å². The molecule has 0 aliphatic rings. The van der Waals surface area contributed by atoms with Crippen LogP contribution >= 0.6 is 0 Å². The van der Waals surface area contributed by atoms with Gasteiger partial charge in [-0.3, -0.25) is 4.79 Å². The van der Waals surface area contributed by atoms with Gasteiger partial charge < -0.3 is 0 Å². The molecular formula is C9H9F3O. The maximum atomic E-state index is 12.2. The van der Waals surface area contributed by atoms with Crippen LogP contribution in [0.4, 0.5) is 13.2 Å². The third-order valence-corrected chi connectivity index (χ3v) is 1.38. The summed E-state index contributed by atoms with van der Waals surface area (Å²) in [4.78, 5) is 10.7. The average Bonchev–Trinajstić information content (AvgIpc) is 1.96. The second-order valence-corrected chi connectivity index (χ2v) is 2.29. The summed E-state index contributed by atoms with van der Waals surface area (Å²) in [5.74, 6) is -0.678. The predicted octanol–water partition coefficient (Wildman–Crippen LogP) is 2.81. The largest absolute Gasteiger partial charge is 0.417 e. The number of hydrogen-bond acceptors (Lipinski definition) is 1. The fourth-order valence-electron chi connectivity index (χ4n) is 0.822. The Balaban J connectivity index is 5.45. The molecule has 0 aromatic carbocycles. The van der Waals surface area contributed by atoms with Crippen molar-refractivity contribution in [1.29, 1.82) is 0 Å². The molecule has 0 heterocycles. The summed E-state index contributed by atoms with van der Waals surface area (Å²) >= 11 is 0. The minimum atomic E-state index is -4.56. The smallest absolute Gasteiger partial charge is 0.294 e. The molecule has 0 amide bonds. The lowest BCUT2D eigenvalue weighted by atomic mass is 10.0. The van der Waals surface area contributed by atoms with E-state index in [0.717, 1.165) is 13.0 Å². The van der Waals surface area contributed by atoms with E-state index in [1.165, 1.54) is 0 Å². The van der Waals surface area contributed by atoms with Crippen LogP contribution in [-0.4, -0.2) is 12.0 Å². The zero-order valence-corrected chi connectivity index (χ0v) is 7.11. The third kappa shape index (κ3) is 2.89. The van der Waals surface area contributed by atoms with Crippen LogP contribution in [0.3, 0.4) is 0 Å². The molecule has 13 heavy (non-hydrogen) atoms. The number of hydrogen-bond donors (Lipinski definition) is 0. The van der Waals surface area contributed by atoms with Gasteiger partial charge in [0.15, 0.2) is 5.78 Å². The molecule has 0 aliphatic heterocycles. The summed E-state index contributed by atoms with van der Waals surface area (Å²) in [7, 11) is 0. The second kappa shape index (κ2) is 4.07. The lowest BCUT2D eigenvalue weighted by Crippen LogP contribution is -2.14. The Hall–Kier alpha value is -1.32. The molecule has 0 radical (unpaired) electrons. The van der Waals surface area contributed by atoms with Crippen LogP contribution in [0.15, 0.2) is 36.5 Å². The molecule has 0 rings (SSSR count). The summed E-state index contributed by atoms with van der Waals surface area (Å²) in [6, 6.07) is 0. The number of carbonyl (C=O) groups is 1. The fourth-order valence-corrected chi connectivity index (χ4v) is 0.822. The lowest BCUT2D eigenvalue weighted by molar-refractivity contribution is -0.115. The van der Waals surface area contributed by atoms with Crippen molar-refractivity contribution in [3.8, 4) is 0 Å². The first-order chi connectivity index (χ1) is 5.84. The van der Waals surface area contributed by atoms with E-state index in [2.05, 4.69) is 13.2 Å². The van der Waals surface area contributed by atoms with Crippen LogP contribution in [-0.2, 0) is 4.79 Å². The van der Waals surface area contributed by atoms with Crippen LogP contribution < -0.4 is 0 Å². The van der Waals surface area contributed by atoms with E-state index in [4.69, 9.17) is 0 Å². The highest BCUT2D eigenvalue weighted by molar-refractivity contribution is 5.97. The summed E-state index contributed by atoms with van der Waals surface area (Å²) in [5.41, 5.74) is -1.50. The molecule has 0 fully saturated rings. The van der Waals surface area contributed by atoms with Gasteiger partial charge in [0.05, 0.1) is 5.57 Å². The van der Waals surface area contributed by atoms with Crippen molar-refractivity contribution in [1.82, 2.24) is 0 Å². The minimum Gasteiger partial charge on any atom is -0.294 e. The number of halogens is 3. The van der Waals surface area contributed by atoms with Gasteiger partial charge in [0.2, 0.25) is 0 Å². The van der Waals surface area contributed by atoms with Gasteiger partial charge in [0.25, 0.3) is 0 Å². The summed E-state index contributed by atoms with van der Waals surface area (Å²) < 4.78 is 36.6. The Labute approximate surface area is 74.2 Å². The third-order valence-electron chi connectivity index (χ3n) is 1.38. The maximum Gasteiger partial charge on any atom is 0.417 e. The Morgan fingerprint density at radius 1 is 1.23 bits per heavy atom. The number of rotatable bonds is 3. The Morgan fingerprint density at radius 2 is 1.69 bits per heavy atom. The monoisotopic (exact) mass is 190 g/mol. The molecule has 0 aromatic rings. The molecule has 0 spiro atoms. The van der Waals surface area contributed by atoms with Crippen molar-refractivity contribution in [2.45, 2.75) is 13.1 Å². The van der Waals surface area contributed by atoms with Gasteiger partial charge in [-0.05, 0) is 6.92 Å². The molecule has 0 unspecified atom stereocenters. The average molecular weight is 190 g/mol. The van der Waals surface area contributed by atoms with Crippen molar-refractivity contribution in [2.24, 2.45) is 0 Å². The van der Waals surface area contributed by atoms with E-state index in [-0.39, 0.29) is 0 Å². The van der Waals surface area contributed by atoms with Crippen LogP contribution in [0.25, 0.3) is 0 Å². The quantitative estimate of drug-likeness (QED) is 0.494. The van der Waals surface area contributed by atoms with Gasteiger partial charge in [0, 0.05) is 5.57 Å². The fraction of sp³-hybridized carbons (Fsp3) is 0.222. The van der Waals surface area contributed by atoms with Crippen molar-refractivity contribution in [3.63, 3.8) is 0 Å². The molecular weight excluding hydrogens is 181 g/mol. The van der Waals surface area contributed by atoms with Gasteiger partial charge in [-0.25, -0.2) is 0 Å². The number of carbonyl (C=O) groups excluding carboxylic acids is 1. The summed E-state index contributed by atoms with van der Waals surface area (Å²) in [5, 5.41) is 0. The van der Waals surface area contributed by atoms with Gasteiger partial charge in [-0.1, -0.05) is 25.3 Å². The topological polar surface area (TPSA) is 17.1 Å². The molecule has 0 N–H and O–H groups in total. The highest BCUT2D eigenvalue weighted by Crippen LogP contribution is 2.29. The van der Waals surface area contributed by atoms with E-state index in [1.54, 1.807) is 0 Å². The number of ketones is 1. The molecule has 0 aromatic heterocycles. The van der Waals surface area contributed by atoms with Gasteiger partial charge >= 0.3 is 6.18 Å². The molecule has 0 atom stereocenters. The number of alkyl halides is 3. The predicted molar refractivity (Wildman–Crippen MR) is 44.2 cm³/mol. The lowest BCUT2D eigenvalue weighted by Gasteiger charge is -2.09. The number of allylic oxidation sites excluding steroid dienone is 4. The first-order valence-electron chi connectivity index (χ1n) is 3.41. The molecule has 0 saturated heterocycles. The van der Waals surface area contributed by atoms with Crippen molar-refractivity contribution < 1.29 is 18.0 Å². The zero-order chi connectivity index (χ0) is 10.6. The minimum absolute atomic E-state index is 0.456. The second-order valence-electron chi connectivity index (χ2n) is 2.29.